The van der Waals surface area contributed by atoms with Crippen LogP contribution in [0.4, 0.5) is 5.69 Å². The van der Waals surface area contributed by atoms with Gasteiger partial charge in [0.2, 0.25) is 5.91 Å². The van der Waals surface area contributed by atoms with Crippen LogP contribution < -0.4 is 14.8 Å². The Morgan fingerprint density at radius 1 is 1.32 bits per heavy atom. The van der Waals surface area contributed by atoms with Gasteiger partial charge in [0.15, 0.2) is 9.84 Å². The van der Waals surface area contributed by atoms with E-state index in [9.17, 15) is 13.2 Å². The summed E-state index contributed by atoms with van der Waals surface area (Å²) in [6, 6.07) is 3.13. The fourth-order valence-corrected chi connectivity index (χ4v) is 4.55. The van der Waals surface area contributed by atoms with Gasteiger partial charge in [-0.3, -0.25) is 4.79 Å². The highest BCUT2D eigenvalue weighted by Gasteiger charge is 2.29. The van der Waals surface area contributed by atoms with Gasteiger partial charge >= 0.3 is 0 Å². The minimum Gasteiger partial charge on any atom is -0.495 e. The number of carbonyl (C=O) groups is 1. The second kappa shape index (κ2) is 6.75. The maximum Gasteiger partial charge on any atom is 0.224 e. The Bertz CT molecular complexity index is 674. The average molecular weight is 348 g/mol. The lowest BCUT2D eigenvalue weighted by atomic mass is 10.0. The van der Waals surface area contributed by atoms with Crippen molar-refractivity contribution in [1.82, 2.24) is 0 Å². The summed E-state index contributed by atoms with van der Waals surface area (Å²) >= 11 is 6.00. The van der Waals surface area contributed by atoms with Crippen LogP contribution in [-0.4, -0.2) is 40.1 Å². The zero-order chi connectivity index (χ0) is 16.3. The van der Waals surface area contributed by atoms with Gasteiger partial charge in [-0.05, 0) is 12.3 Å². The monoisotopic (exact) mass is 347 g/mol. The molecule has 1 saturated heterocycles. The van der Waals surface area contributed by atoms with Gasteiger partial charge in [0.25, 0.3) is 0 Å². The summed E-state index contributed by atoms with van der Waals surface area (Å²) < 4.78 is 33.1. The summed E-state index contributed by atoms with van der Waals surface area (Å²) in [6.07, 6.45) is 0.685. The molecule has 1 atom stereocenters. The molecule has 1 aliphatic rings. The number of hydrogen-bond donors (Lipinski definition) is 1. The van der Waals surface area contributed by atoms with E-state index in [1.807, 2.05) is 0 Å². The number of anilines is 1. The first-order valence-electron chi connectivity index (χ1n) is 6.76. The Balaban J connectivity index is 2.08. The third-order valence-electron chi connectivity index (χ3n) is 3.55. The van der Waals surface area contributed by atoms with E-state index in [1.54, 1.807) is 12.1 Å². The Labute approximate surface area is 134 Å². The summed E-state index contributed by atoms with van der Waals surface area (Å²) in [6.45, 7) is 0. The highest BCUT2D eigenvalue weighted by atomic mass is 35.5. The van der Waals surface area contributed by atoms with Crippen LogP contribution in [0.1, 0.15) is 12.8 Å². The lowest BCUT2D eigenvalue weighted by Gasteiger charge is -2.14. The van der Waals surface area contributed by atoms with Crippen LogP contribution in [0.5, 0.6) is 11.5 Å². The molecule has 0 spiro atoms. The number of amides is 1. The van der Waals surface area contributed by atoms with E-state index in [1.165, 1.54) is 14.2 Å². The third kappa shape index (κ3) is 4.04. The van der Waals surface area contributed by atoms with Crippen LogP contribution in [0, 0.1) is 5.92 Å². The summed E-state index contributed by atoms with van der Waals surface area (Å²) in [5.41, 5.74) is 0.439. The van der Waals surface area contributed by atoms with Gasteiger partial charge in [-0.15, -0.1) is 0 Å². The van der Waals surface area contributed by atoms with Crippen LogP contribution in [0.25, 0.3) is 0 Å². The van der Waals surface area contributed by atoms with Crippen molar-refractivity contribution in [3.8, 4) is 11.5 Å². The quantitative estimate of drug-likeness (QED) is 0.882. The number of halogens is 1. The molecule has 122 valence electrons. The Kier molecular flexibility index (Phi) is 5.18. The highest BCUT2D eigenvalue weighted by Crippen LogP contribution is 2.36. The third-order valence-corrected chi connectivity index (χ3v) is 5.68. The van der Waals surface area contributed by atoms with Gasteiger partial charge in [0.05, 0.1) is 36.4 Å². The van der Waals surface area contributed by atoms with Crippen molar-refractivity contribution in [2.75, 3.05) is 31.0 Å². The maximum absolute atomic E-state index is 12.1. The molecule has 1 aliphatic heterocycles. The van der Waals surface area contributed by atoms with Crippen molar-refractivity contribution in [3.63, 3.8) is 0 Å². The summed E-state index contributed by atoms with van der Waals surface area (Å²) in [7, 11) is -0.0407. The molecule has 0 aliphatic carbocycles. The Morgan fingerprint density at radius 3 is 2.55 bits per heavy atom. The van der Waals surface area contributed by atoms with E-state index in [4.69, 9.17) is 21.1 Å². The number of sulfone groups is 1. The predicted octanol–water partition coefficient (Wildman–Crippen LogP) is 2.12. The molecule has 22 heavy (non-hydrogen) atoms. The first-order chi connectivity index (χ1) is 10.3. The van der Waals surface area contributed by atoms with E-state index in [-0.39, 0.29) is 29.8 Å². The second-order valence-corrected chi connectivity index (χ2v) is 7.84. The van der Waals surface area contributed by atoms with Gasteiger partial charge in [-0.1, -0.05) is 11.6 Å². The molecule has 0 unspecified atom stereocenters. The molecule has 6 nitrogen and oxygen atoms in total. The van der Waals surface area contributed by atoms with Gasteiger partial charge in [-0.25, -0.2) is 8.42 Å². The molecule has 0 radical (unpaired) electrons. The van der Waals surface area contributed by atoms with Gasteiger partial charge < -0.3 is 14.8 Å². The van der Waals surface area contributed by atoms with Gasteiger partial charge in [0.1, 0.15) is 11.5 Å². The van der Waals surface area contributed by atoms with Gasteiger partial charge in [-0.2, -0.15) is 0 Å². The van der Waals surface area contributed by atoms with Crippen molar-refractivity contribution in [3.05, 3.63) is 17.2 Å². The molecule has 8 heteroatoms. The fourth-order valence-electron chi connectivity index (χ4n) is 2.45. The van der Waals surface area contributed by atoms with Crippen molar-refractivity contribution in [2.45, 2.75) is 12.8 Å². The largest absolute Gasteiger partial charge is 0.495 e. The van der Waals surface area contributed by atoms with Crippen molar-refractivity contribution >= 4 is 33.0 Å². The smallest absolute Gasteiger partial charge is 0.224 e. The first-order valence-corrected chi connectivity index (χ1v) is 8.96. The SMILES string of the molecule is COc1cc(NC(=O)C[C@H]2CCS(=O)(=O)C2)c(OC)cc1Cl. The number of benzene rings is 1. The number of hydrogen-bond acceptors (Lipinski definition) is 5. The lowest BCUT2D eigenvalue weighted by molar-refractivity contribution is -0.116. The summed E-state index contributed by atoms with van der Waals surface area (Å²) in [5, 5.41) is 3.09. The standard InChI is InChI=1S/C14H18ClNO5S/c1-20-12-7-11(13(21-2)6-10(12)15)16-14(17)5-9-3-4-22(18,19)8-9/h6-7,9H,3-5,8H2,1-2H3,(H,16,17)/t9-/m1/s1. The number of nitrogens with one attached hydrogen (secondary N) is 1. The molecule has 2 rings (SSSR count). The molecule has 0 aromatic heterocycles. The van der Waals surface area contributed by atoms with Crippen LogP contribution >= 0.6 is 11.6 Å². The van der Waals surface area contributed by atoms with E-state index < -0.39 is 9.84 Å². The van der Waals surface area contributed by atoms with Crippen molar-refractivity contribution in [2.24, 2.45) is 5.92 Å². The minimum atomic E-state index is -2.99. The molecule has 1 aromatic rings. The predicted molar refractivity (Wildman–Crippen MR) is 84.6 cm³/mol. The Hall–Kier alpha value is -1.47. The Morgan fingerprint density at radius 2 is 2.00 bits per heavy atom. The molecule has 0 bridgehead atoms. The topological polar surface area (TPSA) is 81.7 Å². The molecule has 1 amide bonds. The number of rotatable bonds is 5. The molecular weight excluding hydrogens is 330 g/mol. The lowest BCUT2D eigenvalue weighted by Crippen LogP contribution is -2.18. The van der Waals surface area contributed by atoms with E-state index in [0.717, 1.165) is 0 Å². The highest BCUT2D eigenvalue weighted by molar-refractivity contribution is 7.91. The second-order valence-electron chi connectivity index (χ2n) is 5.21. The number of ether oxygens (including phenoxy) is 2. The normalized spacial score (nSPS) is 19.7. The molecule has 1 fully saturated rings. The fraction of sp³-hybridized carbons (Fsp3) is 0.500. The van der Waals surface area contributed by atoms with E-state index in [2.05, 4.69) is 5.32 Å². The maximum atomic E-state index is 12.1. The zero-order valence-corrected chi connectivity index (χ0v) is 14.0. The van der Waals surface area contributed by atoms with Crippen molar-refractivity contribution < 1.29 is 22.7 Å². The van der Waals surface area contributed by atoms with E-state index >= 15 is 0 Å². The van der Waals surface area contributed by atoms with E-state index in [0.29, 0.717) is 28.6 Å². The summed E-state index contributed by atoms with van der Waals surface area (Å²) in [4.78, 5) is 12.1. The van der Waals surface area contributed by atoms with Gasteiger partial charge in [0, 0.05) is 18.6 Å². The molecule has 1 N–H and O–H groups in total. The zero-order valence-electron chi connectivity index (χ0n) is 12.4. The molecule has 1 heterocycles. The minimum absolute atomic E-state index is 0.0709. The molecular formula is C14H18ClNO5S. The van der Waals surface area contributed by atoms with Crippen LogP contribution in [0.2, 0.25) is 5.02 Å². The number of carbonyl (C=O) groups excluding carboxylic acids is 1. The van der Waals surface area contributed by atoms with Crippen LogP contribution in [-0.2, 0) is 14.6 Å². The van der Waals surface area contributed by atoms with Crippen LogP contribution in [0.15, 0.2) is 12.1 Å². The first kappa shape index (κ1) is 16.9. The molecule has 0 saturated carbocycles. The average Bonchev–Trinajstić information content (AvgIpc) is 2.79. The van der Waals surface area contributed by atoms with Crippen LogP contribution in [0.3, 0.4) is 0 Å². The molecule has 1 aromatic carbocycles. The number of methoxy groups -OCH3 is 2. The summed E-state index contributed by atoms with van der Waals surface area (Å²) in [5.74, 6) is 0.666. The van der Waals surface area contributed by atoms with Crippen molar-refractivity contribution in [1.29, 1.82) is 0 Å².